The number of hydrogen-bond donors (Lipinski definition) is 1. The van der Waals surface area contributed by atoms with Crippen molar-refractivity contribution < 1.29 is 18.9 Å². The molecule has 2 aliphatic rings. The summed E-state index contributed by atoms with van der Waals surface area (Å²) in [5.41, 5.74) is 0.303. The van der Waals surface area contributed by atoms with E-state index in [2.05, 4.69) is 17.1 Å². The summed E-state index contributed by atoms with van der Waals surface area (Å²) in [6, 6.07) is 11.6. The van der Waals surface area contributed by atoms with Gasteiger partial charge in [-0.3, -0.25) is 0 Å². The van der Waals surface area contributed by atoms with Crippen LogP contribution >= 0.6 is 0 Å². The third-order valence-corrected chi connectivity index (χ3v) is 6.84. The molecular weight excluding hydrogens is 419 g/mol. The molecule has 2 aromatic rings. The van der Waals surface area contributed by atoms with Crippen LogP contribution in [0.4, 0.5) is 0 Å². The molecule has 2 saturated heterocycles. The number of nitrogens with one attached hydrogen (secondary N) is 1. The maximum absolute atomic E-state index is 12.2. The first-order valence-electron chi connectivity index (χ1n) is 8.58. The van der Waals surface area contributed by atoms with Crippen LogP contribution in [0.1, 0.15) is 11.8 Å². The number of ether oxygens (including phenoxy) is 4. The molecule has 4 rings (SSSR count). The third-order valence-electron chi connectivity index (χ3n) is 4.53. The first-order chi connectivity index (χ1) is 13.2. The standard InChI is InChI=1S/C18H20N2O6Se/c1-23-18-25-14-12(10-27-9-11-5-3-2-4-6-11)24-16(15(14)26-18)20-8-7-13(21)19-17(20)22/h2-8,12,14-16,18H,9-10H2,1H3,(H,19,21,22)/t12-,14-,15-,16-,18?/m1/s1. The molecule has 1 N–H and O–H groups in total. The molecule has 1 unspecified atom stereocenters. The Kier molecular flexibility index (Phi) is 5.58. The average molecular weight is 439 g/mol. The van der Waals surface area contributed by atoms with E-state index in [4.69, 9.17) is 18.9 Å². The van der Waals surface area contributed by atoms with Crippen LogP contribution in [-0.2, 0) is 24.3 Å². The molecule has 3 heterocycles. The Morgan fingerprint density at radius 1 is 1.11 bits per heavy atom. The molecule has 9 heteroatoms. The van der Waals surface area contributed by atoms with Crippen molar-refractivity contribution in [1.82, 2.24) is 9.55 Å². The van der Waals surface area contributed by atoms with Crippen LogP contribution in [0.5, 0.6) is 0 Å². The molecule has 8 nitrogen and oxygen atoms in total. The molecule has 0 amide bonds. The van der Waals surface area contributed by atoms with Gasteiger partial charge in [0.25, 0.3) is 0 Å². The van der Waals surface area contributed by atoms with Crippen LogP contribution in [0.25, 0.3) is 0 Å². The fourth-order valence-electron chi connectivity index (χ4n) is 3.27. The molecule has 2 aliphatic heterocycles. The Hall–Kier alpha value is -1.74. The minimum absolute atomic E-state index is 0.206. The Morgan fingerprint density at radius 3 is 2.63 bits per heavy atom. The van der Waals surface area contributed by atoms with Gasteiger partial charge < -0.3 is 0 Å². The van der Waals surface area contributed by atoms with Gasteiger partial charge in [0, 0.05) is 0 Å². The zero-order chi connectivity index (χ0) is 18.8. The molecule has 27 heavy (non-hydrogen) atoms. The number of hydrogen-bond acceptors (Lipinski definition) is 6. The summed E-state index contributed by atoms with van der Waals surface area (Å²) in [7, 11) is 1.50. The monoisotopic (exact) mass is 440 g/mol. The van der Waals surface area contributed by atoms with E-state index in [9.17, 15) is 9.59 Å². The Bertz CT molecular complexity index is 885. The molecule has 2 fully saturated rings. The fraction of sp³-hybridized carbons (Fsp3) is 0.444. The van der Waals surface area contributed by atoms with Gasteiger partial charge in [0.2, 0.25) is 0 Å². The number of benzene rings is 1. The molecule has 0 aliphatic carbocycles. The van der Waals surface area contributed by atoms with Crippen LogP contribution in [0.15, 0.2) is 52.2 Å². The van der Waals surface area contributed by atoms with Crippen LogP contribution in [0.3, 0.4) is 0 Å². The van der Waals surface area contributed by atoms with E-state index in [1.807, 2.05) is 18.2 Å². The second-order valence-corrected chi connectivity index (χ2v) is 8.47. The van der Waals surface area contributed by atoms with Crippen molar-refractivity contribution in [2.24, 2.45) is 0 Å². The van der Waals surface area contributed by atoms with Gasteiger partial charge in [-0.1, -0.05) is 0 Å². The zero-order valence-corrected chi connectivity index (χ0v) is 16.4. The van der Waals surface area contributed by atoms with Gasteiger partial charge in [-0.25, -0.2) is 0 Å². The molecule has 0 radical (unpaired) electrons. The quantitative estimate of drug-likeness (QED) is 0.659. The van der Waals surface area contributed by atoms with E-state index >= 15 is 0 Å². The molecule has 144 valence electrons. The van der Waals surface area contributed by atoms with Gasteiger partial charge in [-0.15, -0.1) is 0 Å². The zero-order valence-electron chi connectivity index (χ0n) is 14.6. The van der Waals surface area contributed by atoms with Crippen molar-refractivity contribution in [1.29, 1.82) is 0 Å². The molecule has 0 bridgehead atoms. The topological polar surface area (TPSA) is 91.8 Å². The number of aromatic amines is 1. The normalized spacial score (nSPS) is 29.7. The Morgan fingerprint density at radius 2 is 1.89 bits per heavy atom. The minimum atomic E-state index is -0.783. The van der Waals surface area contributed by atoms with E-state index in [1.165, 1.54) is 29.5 Å². The number of rotatable bonds is 6. The van der Waals surface area contributed by atoms with Gasteiger partial charge in [0.15, 0.2) is 0 Å². The predicted molar refractivity (Wildman–Crippen MR) is 96.5 cm³/mol. The molecule has 1 aromatic carbocycles. The third kappa shape index (κ3) is 3.94. The van der Waals surface area contributed by atoms with Crippen molar-refractivity contribution in [3.63, 3.8) is 0 Å². The summed E-state index contributed by atoms with van der Waals surface area (Å²) < 4.78 is 24.2. The van der Waals surface area contributed by atoms with Crippen molar-refractivity contribution in [2.45, 2.75) is 41.7 Å². The van der Waals surface area contributed by atoms with Gasteiger partial charge in [0.05, 0.1) is 0 Å². The number of aromatic nitrogens is 2. The summed E-state index contributed by atoms with van der Waals surface area (Å²) >= 11 is 0.302. The maximum atomic E-state index is 12.2. The summed E-state index contributed by atoms with van der Waals surface area (Å²) in [5, 5.41) is 1.81. The SMILES string of the molecule is COC1O[C@@H]2[C@H](O1)[C@@H](C[Se]Cc1ccccc1)O[C@H]2n1ccc(=O)[nH]c1=O. The molecule has 1 aromatic heterocycles. The second-order valence-electron chi connectivity index (χ2n) is 6.31. The van der Waals surface area contributed by atoms with Gasteiger partial charge in [-0.05, 0) is 0 Å². The summed E-state index contributed by atoms with van der Waals surface area (Å²) in [6.45, 7) is -0.783. The van der Waals surface area contributed by atoms with Crippen LogP contribution in [0, 0.1) is 0 Å². The van der Waals surface area contributed by atoms with E-state index in [1.54, 1.807) is 0 Å². The Labute approximate surface area is 161 Å². The van der Waals surface area contributed by atoms with Gasteiger partial charge >= 0.3 is 161 Å². The summed E-state index contributed by atoms with van der Waals surface area (Å²) in [4.78, 5) is 25.8. The van der Waals surface area contributed by atoms with Gasteiger partial charge in [-0.2, -0.15) is 0 Å². The van der Waals surface area contributed by atoms with E-state index in [0.29, 0.717) is 15.0 Å². The number of H-pyrrole nitrogens is 1. The van der Waals surface area contributed by atoms with Crippen LogP contribution < -0.4 is 11.2 Å². The molecular formula is C18H20N2O6Se. The van der Waals surface area contributed by atoms with Crippen LogP contribution in [0.2, 0.25) is 5.32 Å². The van der Waals surface area contributed by atoms with Crippen molar-refractivity contribution in [3.05, 3.63) is 69.0 Å². The van der Waals surface area contributed by atoms with Crippen molar-refractivity contribution in [2.75, 3.05) is 7.11 Å². The second kappa shape index (κ2) is 8.10. The van der Waals surface area contributed by atoms with E-state index in [-0.39, 0.29) is 12.2 Å². The molecule has 0 spiro atoms. The Balaban J connectivity index is 1.49. The number of methoxy groups -OCH3 is 1. The van der Waals surface area contributed by atoms with Crippen molar-refractivity contribution >= 4 is 15.0 Å². The fourth-order valence-corrected chi connectivity index (χ4v) is 5.47. The molecule has 0 saturated carbocycles. The predicted octanol–water partition coefficient (Wildman–Crippen LogP) is 0.471. The first kappa shape index (κ1) is 18.6. The number of nitrogens with zero attached hydrogens (tertiary/aromatic N) is 1. The van der Waals surface area contributed by atoms with E-state index in [0.717, 1.165) is 10.6 Å². The first-order valence-corrected chi connectivity index (χ1v) is 11.0. The average Bonchev–Trinajstić information content (AvgIpc) is 3.23. The van der Waals surface area contributed by atoms with E-state index < -0.39 is 30.1 Å². The summed E-state index contributed by atoms with van der Waals surface area (Å²) in [5.74, 6) is 0. The summed E-state index contributed by atoms with van der Waals surface area (Å²) in [6.07, 6.45) is -0.253. The van der Waals surface area contributed by atoms with Crippen molar-refractivity contribution in [3.8, 4) is 0 Å². The van der Waals surface area contributed by atoms with Gasteiger partial charge in [0.1, 0.15) is 0 Å². The van der Waals surface area contributed by atoms with Crippen LogP contribution in [-0.4, -0.2) is 56.4 Å². The molecule has 5 atom stereocenters. The number of fused-ring (bicyclic) bond motifs is 1.